The second-order valence-electron chi connectivity index (χ2n) is 7.57. The molecule has 0 heterocycles. The molecular weight excluding hydrogens is 473 g/mol. The van der Waals surface area contributed by atoms with E-state index in [1.165, 1.54) is 36.0 Å². The highest BCUT2D eigenvalue weighted by molar-refractivity contribution is 7.99. The topological polar surface area (TPSA) is 63.2 Å². The third-order valence-corrected chi connectivity index (χ3v) is 6.86. The molecule has 1 amide bonds. The van der Waals surface area contributed by atoms with Crippen LogP contribution in [0.1, 0.15) is 42.2 Å². The van der Waals surface area contributed by atoms with Gasteiger partial charge in [0.1, 0.15) is 5.82 Å². The number of anilines is 1. The average Bonchev–Trinajstić information content (AvgIpc) is 2.85. The van der Waals surface area contributed by atoms with Gasteiger partial charge in [-0.05, 0) is 42.5 Å². The number of hydrogen-bond acceptors (Lipinski definition) is 4. The minimum absolute atomic E-state index is 0.125. The average molecular weight is 488 g/mol. The van der Waals surface area contributed by atoms with E-state index in [9.17, 15) is 18.8 Å². The van der Waals surface area contributed by atoms with Gasteiger partial charge in [0.25, 0.3) is 5.91 Å². The van der Waals surface area contributed by atoms with Crippen molar-refractivity contribution < 1.29 is 18.8 Å². The van der Waals surface area contributed by atoms with Gasteiger partial charge in [-0.25, -0.2) is 4.39 Å². The lowest BCUT2D eigenvalue weighted by Gasteiger charge is -2.22. The molecule has 0 atom stereocenters. The Bertz CT molecular complexity index is 1490. The number of benzene rings is 4. The summed E-state index contributed by atoms with van der Waals surface area (Å²) in [5, 5.41) is 2.58. The minimum atomic E-state index is -0.600. The molecule has 4 aromatic rings. The highest BCUT2D eigenvalue weighted by atomic mass is 35.5. The van der Waals surface area contributed by atoms with Crippen molar-refractivity contribution in [1.29, 1.82) is 0 Å². The number of amides is 1. The van der Waals surface area contributed by atoms with Crippen molar-refractivity contribution in [3.05, 3.63) is 124 Å². The van der Waals surface area contributed by atoms with Crippen molar-refractivity contribution in [2.75, 3.05) is 5.32 Å². The third-order valence-electron chi connectivity index (χ3n) is 5.43. The second kappa shape index (κ2) is 8.89. The van der Waals surface area contributed by atoms with Gasteiger partial charge in [-0.15, -0.1) is 0 Å². The van der Waals surface area contributed by atoms with E-state index in [1.807, 2.05) is 30.3 Å². The van der Waals surface area contributed by atoms with E-state index < -0.39 is 11.7 Å². The summed E-state index contributed by atoms with van der Waals surface area (Å²) in [6, 6.07) is 22.8. The smallest absolute Gasteiger partial charge is 0.256 e. The predicted octanol–water partition coefficient (Wildman–Crippen LogP) is 6.66. The molecule has 0 bridgehead atoms. The van der Waals surface area contributed by atoms with Crippen LogP contribution in [0.3, 0.4) is 0 Å². The molecule has 1 aliphatic carbocycles. The Morgan fingerprint density at radius 2 is 1.47 bits per heavy atom. The molecule has 0 radical (unpaired) electrons. The van der Waals surface area contributed by atoms with Crippen LogP contribution in [-0.4, -0.2) is 17.5 Å². The fourth-order valence-electron chi connectivity index (χ4n) is 3.82. The van der Waals surface area contributed by atoms with Crippen LogP contribution in [0, 0.1) is 5.82 Å². The van der Waals surface area contributed by atoms with Gasteiger partial charge in [-0.1, -0.05) is 65.8 Å². The molecule has 4 nitrogen and oxygen atoms in total. The molecule has 0 unspecified atom stereocenters. The molecule has 166 valence electrons. The lowest BCUT2D eigenvalue weighted by molar-refractivity contribution is 0.0975. The summed E-state index contributed by atoms with van der Waals surface area (Å²) in [5.41, 5.74) is 1.61. The molecule has 0 saturated carbocycles. The molecule has 1 N–H and O–H groups in total. The normalized spacial score (nSPS) is 12.2. The maximum absolute atomic E-state index is 13.5. The van der Waals surface area contributed by atoms with Crippen LogP contribution in [-0.2, 0) is 0 Å². The first-order chi connectivity index (χ1) is 16.4. The van der Waals surface area contributed by atoms with Gasteiger partial charge in [0.2, 0.25) is 0 Å². The quantitative estimate of drug-likeness (QED) is 0.308. The zero-order valence-electron chi connectivity index (χ0n) is 17.5. The van der Waals surface area contributed by atoms with Crippen LogP contribution in [0.25, 0.3) is 0 Å². The Balaban J connectivity index is 1.65. The fraction of sp³-hybridized carbons (Fsp3) is 0. The zero-order valence-corrected chi connectivity index (χ0v) is 19.0. The van der Waals surface area contributed by atoms with Gasteiger partial charge in [0, 0.05) is 37.7 Å². The Morgan fingerprint density at radius 1 is 0.794 bits per heavy atom. The summed E-state index contributed by atoms with van der Waals surface area (Å²) < 4.78 is 13.5. The van der Waals surface area contributed by atoms with Crippen molar-refractivity contribution in [1.82, 2.24) is 0 Å². The third kappa shape index (κ3) is 3.91. The number of fused-ring (bicyclic) bond motifs is 2. The van der Waals surface area contributed by atoms with Gasteiger partial charge in [0.05, 0.1) is 10.6 Å². The van der Waals surface area contributed by atoms with Crippen LogP contribution < -0.4 is 5.32 Å². The van der Waals surface area contributed by atoms with Crippen LogP contribution >= 0.6 is 23.4 Å². The second-order valence-corrected chi connectivity index (χ2v) is 9.06. The monoisotopic (exact) mass is 487 g/mol. The number of halogens is 2. The summed E-state index contributed by atoms with van der Waals surface area (Å²) in [6.45, 7) is 0. The number of rotatable bonds is 4. The highest BCUT2D eigenvalue weighted by Crippen LogP contribution is 2.40. The van der Waals surface area contributed by atoms with Gasteiger partial charge in [-0.3, -0.25) is 14.4 Å². The SMILES string of the molecule is O=C(Nc1ccc(F)c(Cl)c1)c1ccc2c(c1Sc1ccccc1)C(=O)c1ccccc1C2=O. The van der Waals surface area contributed by atoms with E-state index in [0.717, 1.165) is 11.0 Å². The van der Waals surface area contributed by atoms with E-state index in [1.54, 1.807) is 24.3 Å². The van der Waals surface area contributed by atoms with Crippen LogP contribution in [0.2, 0.25) is 5.02 Å². The molecule has 0 aromatic heterocycles. The molecule has 34 heavy (non-hydrogen) atoms. The largest absolute Gasteiger partial charge is 0.322 e. The lowest BCUT2D eigenvalue weighted by atomic mass is 9.83. The van der Waals surface area contributed by atoms with E-state index in [-0.39, 0.29) is 33.3 Å². The van der Waals surface area contributed by atoms with E-state index >= 15 is 0 Å². The molecule has 0 spiro atoms. The first-order valence-corrected chi connectivity index (χ1v) is 11.5. The van der Waals surface area contributed by atoms with Gasteiger partial charge >= 0.3 is 0 Å². The summed E-state index contributed by atoms with van der Waals surface area (Å²) >= 11 is 7.08. The van der Waals surface area contributed by atoms with E-state index in [2.05, 4.69) is 5.32 Å². The van der Waals surface area contributed by atoms with E-state index in [4.69, 9.17) is 11.6 Å². The van der Waals surface area contributed by atoms with Crippen molar-refractivity contribution in [3.63, 3.8) is 0 Å². The van der Waals surface area contributed by atoms with Gasteiger partial charge in [0.15, 0.2) is 11.6 Å². The number of hydrogen-bond donors (Lipinski definition) is 1. The standard InChI is InChI=1S/C27H15ClFNO3S/c28-21-14-15(10-13-22(21)29)30-27(33)20-12-11-19-23(26(20)34-16-6-2-1-3-7-16)25(32)18-9-5-4-8-17(18)24(19)31/h1-14H,(H,30,33). The predicted molar refractivity (Wildman–Crippen MR) is 130 cm³/mol. The summed E-state index contributed by atoms with van der Waals surface area (Å²) in [6.07, 6.45) is 0. The van der Waals surface area contributed by atoms with Crippen LogP contribution in [0.4, 0.5) is 10.1 Å². The maximum Gasteiger partial charge on any atom is 0.256 e. The molecule has 4 aromatic carbocycles. The maximum atomic E-state index is 13.5. The van der Waals surface area contributed by atoms with Gasteiger partial charge in [-0.2, -0.15) is 0 Å². The van der Waals surface area contributed by atoms with Crippen molar-refractivity contribution in [2.24, 2.45) is 0 Å². The number of carbonyl (C=O) groups excluding carboxylic acids is 3. The summed E-state index contributed by atoms with van der Waals surface area (Å²) in [4.78, 5) is 41.2. The Kier molecular flexibility index (Phi) is 5.77. The van der Waals surface area contributed by atoms with Crippen molar-refractivity contribution >= 4 is 46.5 Å². The number of nitrogens with one attached hydrogen (secondary N) is 1. The number of carbonyl (C=O) groups is 3. The molecule has 7 heteroatoms. The number of ketones is 2. The summed E-state index contributed by atoms with van der Waals surface area (Å²) in [5.74, 6) is -1.69. The minimum Gasteiger partial charge on any atom is -0.322 e. The van der Waals surface area contributed by atoms with Crippen LogP contribution in [0.5, 0.6) is 0 Å². The Labute approximate surface area is 203 Å². The highest BCUT2D eigenvalue weighted by Gasteiger charge is 2.34. The molecule has 1 aliphatic rings. The Morgan fingerprint density at radius 3 is 2.18 bits per heavy atom. The first-order valence-electron chi connectivity index (χ1n) is 10.3. The molecule has 0 aliphatic heterocycles. The molecule has 0 saturated heterocycles. The van der Waals surface area contributed by atoms with E-state index in [0.29, 0.717) is 21.7 Å². The lowest BCUT2D eigenvalue weighted by Crippen LogP contribution is -2.24. The van der Waals surface area contributed by atoms with Gasteiger partial charge < -0.3 is 5.32 Å². The summed E-state index contributed by atoms with van der Waals surface area (Å²) in [7, 11) is 0. The van der Waals surface area contributed by atoms with Crippen molar-refractivity contribution in [2.45, 2.75) is 9.79 Å². The fourth-order valence-corrected chi connectivity index (χ4v) is 5.10. The first kappa shape index (κ1) is 22.1. The zero-order chi connectivity index (χ0) is 23.8. The molecular formula is C27H15ClFNO3S. The Hall–Kier alpha value is -3.74. The molecule has 0 fully saturated rings. The van der Waals surface area contributed by atoms with Crippen LogP contribution in [0.15, 0.2) is 94.7 Å². The molecule has 5 rings (SSSR count). The van der Waals surface area contributed by atoms with Crippen molar-refractivity contribution in [3.8, 4) is 0 Å².